The zero-order chi connectivity index (χ0) is 18.9. The third kappa shape index (κ3) is 2.95. The first-order valence-electron chi connectivity index (χ1n) is 8.91. The number of fused-ring (bicyclic) bond motifs is 2. The van der Waals surface area contributed by atoms with E-state index in [-0.39, 0.29) is 11.6 Å². The Balaban J connectivity index is 1.44. The minimum absolute atomic E-state index is 0.227. The van der Waals surface area contributed by atoms with Crippen molar-refractivity contribution in [1.82, 2.24) is 4.98 Å². The van der Waals surface area contributed by atoms with Gasteiger partial charge < -0.3 is 19.2 Å². The number of benzene rings is 3. The molecule has 0 aliphatic carbocycles. The highest BCUT2D eigenvalue weighted by Crippen LogP contribution is 2.33. The fraction of sp³-hybridized carbons (Fsp3) is 0.0909. The Morgan fingerprint density at radius 1 is 0.893 bits per heavy atom. The standard InChI is InChI=1S/C22H16N2O4/c25-22(24-17-7-8-18-19(12-17)27-10-9-26-18)20-21(28-13-23-20)16-6-5-14-3-1-2-4-15(14)11-16/h1-8,11-13H,9-10H2,(H,24,25). The topological polar surface area (TPSA) is 73.6 Å². The maximum Gasteiger partial charge on any atom is 0.278 e. The second-order valence-electron chi connectivity index (χ2n) is 6.40. The van der Waals surface area contributed by atoms with Gasteiger partial charge >= 0.3 is 0 Å². The van der Waals surface area contributed by atoms with Gasteiger partial charge in [-0.15, -0.1) is 0 Å². The maximum atomic E-state index is 12.8. The Hall–Kier alpha value is -3.80. The van der Waals surface area contributed by atoms with Crippen LogP contribution in [0.4, 0.5) is 5.69 Å². The smallest absolute Gasteiger partial charge is 0.278 e. The summed E-state index contributed by atoms with van der Waals surface area (Å²) in [6, 6.07) is 19.2. The lowest BCUT2D eigenvalue weighted by Crippen LogP contribution is -2.17. The van der Waals surface area contributed by atoms with Gasteiger partial charge in [-0.2, -0.15) is 0 Å². The molecule has 138 valence electrons. The molecule has 6 heteroatoms. The summed E-state index contributed by atoms with van der Waals surface area (Å²) in [6.45, 7) is 1.01. The van der Waals surface area contributed by atoms with E-state index in [1.54, 1.807) is 18.2 Å². The normalized spacial score (nSPS) is 12.7. The predicted octanol–water partition coefficient (Wildman–Crippen LogP) is 4.52. The molecule has 1 amide bonds. The molecule has 0 atom stereocenters. The van der Waals surface area contributed by atoms with Crippen LogP contribution in [0.5, 0.6) is 11.5 Å². The maximum absolute atomic E-state index is 12.8. The minimum atomic E-state index is -0.353. The van der Waals surface area contributed by atoms with Crippen LogP contribution in [0.25, 0.3) is 22.1 Å². The number of carbonyl (C=O) groups excluding carboxylic acids is 1. The van der Waals surface area contributed by atoms with Crippen molar-refractivity contribution in [2.24, 2.45) is 0 Å². The van der Waals surface area contributed by atoms with Gasteiger partial charge in [0.15, 0.2) is 29.3 Å². The highest BCUT2D eigenvalue weighted by Gasteiger charge is 2.20. The van der Waals surface area contributed by atoms with E-state index < -0.39 is 0 Å². The van der Waals surface area contributed by atoms with Gasteiger partial charge in [-0.3, -0.25) is 4.79 Å². The molecule has 1 aromatic heterocycles. The first-order chi connectivity index (χ1) is 13.8. The minimum Gasteiger partial charge on any atom is -0.486 e. The number of hydrogen-bond acceptors (Lipinski definition) is 5. The summed E-state index contributed by atoms with van der Waals surface area (Å²) >= 11 is 0. The number of anilines is 1. The molecule has 4 aromatic rings. The highest BCUT2D eigenvalue weighted by molar-refractivity contribution is 6.06. The molecule has 0 radical (unpaired) electrons. The number of amides is 1. The molecular weight excluding hydrogens is 356 g/mol. The number of aromatic nitrogens is 1. The van der Waals surface area contributed by atoms with Crippen molar-refractivity contribution >= 4 is 22.4 Å². The summed E-state index contributed by atoms with van der Waals surface area (Å²) in [7, 11) is 0. The second-order valence-corrected chi connectivity index (χ2v) is 6.40. The Bertz CT molecular complexity index is 1180. The van der Waals surface area contributed by atoms with E-state index in [2.05, 4.69) is 10.3 Å². The van der Waals surface area contributed by atoms with Crippen LogP contribution in [-0.2, 0) is 0 Å². The van der Waals surface area contributed by atoms with E-state index in [1.807, 2.05) is 42.5 Å². The number of oxazole rings is 1. The van der Waals surface area contributed by atoms with Crippen LogP contribution in [0.3, 0.4) is 0 Å². The molecular formula is C22H16N2O4. The van der Waals surface area contributed by atoms with Crippen molar-refractivity contribution < 1.29 is 18.7 Å². The van der Waals surface area contributed by atoms with E-state index >= 15 is 0 Å². The first-order valence-corrected chi connectivity index (χ1v) is 8.91. The summed E-state index contributed by atoms with van der Waals surface area (Å²) in [5, 5.41) is 5.03. The number of rotatable bonds is 3. The lowest BCUT2D eigenvalue weighted by Gasteiger charge is -2.18. The Kier molecular flexibility index (Phi) is 3.94. The van der Waals surface area contributed by atoms with Crippen LogP contribution in [0, 0.1) is 0 Å². The molecule has 5 rings (SSSR count). The molecule has 3 aromatic carbocycles. The molecule has 2 heterocycles. The van der Waals surface area contributed by atoms with Gasteiger partial charge in [0.25, 0.3) is 5.91 Å². The average Bonchev–Trinajstić information content (AvgIpc) is 3.23. The number of nitrogens with one attached hydrogen (secondary N) is 1. The molecule has 0 saturated heterocycles. The van der Waals surface area contributed by atoms with Crippen molar-refractivity contribution in [3.63, 3.8) is 0 Å². The molecule has 0 fully saturated rings. The lowest BCUT2D eigenvalue weighted by molar-refractivity contribution is 0.102. The lowest BCUT2D eigenvalue weighted by atomic mass is 10.0. The van der Waals surface area contributed by atoms with Gasteiger partial charge in [0.1, 0.15) is 13.2 Å². The Labute approximate surface area is 160 Å². The van der Waals surface area contributed by atoms with Crippen molar-refractivity contribution in [2.75, 3.05) is 18.5 Å². The molecule has 1 N–H and O–H groups in total. The van der Waals surface area contributed by atoms with Gasteiger partial charge in [-0.05, 0) is 29.0 Å². The number of carbonyl (C=O) groups is 1. The quantitative estimate of drug-likeness (QED) is 0.572. The molecule has 6 nitrogen and oxygen atoms in total. The SMILES string of the molecule is O=C(Nc1ccc2c(c1)OCCO2)c1ncoc1-c1ccc2ccccc2c1. The summed E-state index contributed by atoms with van der Waals surface area (Å²) in [6.07, 6.45) is 1.28. The summed E-state index contributed by atoms with van der Waals surface area (Å²) in [4.78, 5) is 16.9. The Morgan fingerprint density at radius 2 is 1.71 bits per heavy atom. The zero-order valence-corrected chi connectivity index (χ0v) is 14.8. The third-order valence-electron chi connectivity index (χ3n) is 4.59. The molecule has 0 saturated carbocycles. The third-order valence-corrected chi connectivity index (χ3v) is 4.59. The summed E-state index contributed by atoms with van der Waals surface area (Å²) in [5.41, 5.74) is 1.62. The van der Waals surface area contributed by atoms with E-state index in [0.29, 0.717) is 36.2 Å². The predicted molar refractivity (Wildman–Crippen MR) is 105 cm³/mol. The van der Waals surface area contributed by atoms with Crippen LogP contribution >= 0.6 is 0 Å². The fourth-order valence-electron chi connectivity index (χ4n) is 3.25. The molecule has 0 bridgehead atoms. The number of ether oxygens (including phenoxy) is 2. The monoisotopic (exact) mass is 372 g/mol. The summed E-state index contributed by atoms with van der Waals surface area (Å²) in [5.74, 6) is 1.36. The van der Waals surface area contributed by atoms with Gasteiger partial charge in [0.2, 0.25) is 0 Å². The van der Waals surface area contributed by atoms with Crippen LogP contribution in [-0.4, -0.2) is 24.1 Å². The van der Waals surface area contributed by atoms with Crippen molar-refractivity contribution in [3.8, 4) is 22.8 Å². The molecule has 28 heavy (non-hydrogen) atoms. The van der Waals surface area contributed by atoms with E-state index in [0.717, 1.165) is 16.3 Å². The van der Waals surface area contributed by atoms with E-state index in [1.165, 1.54) is 6.39 Å². The number of nitrogens with zero attached hydrogens (tertiary/aromatic N) is 1. The first kappa shape index (κ1) is 16.4. The molecule has 1 aliphatic heterocycles. The van der Waals surface area contributed by atoms with Gasteiger partial charge in [0.05, 0.1) is 0 Å². The van der Waals surface area contributed by atoms with Crippen LogP contribution in [0.1, 0.15) is 10.5 Å². The molecule has 0 spiro atoms. The molecule has 0 unspecified atom stereocenters. The van der Waals surface area contributed by atoms with Crippen LogP contribution < -0.4 is 14.8 Å². The average molecular weight is 372 g/mol. The van der Waals surface area contributed by atoms with Gasteiger partial charge in [-0.25, -0.2) is 4.98 Å². The second kappa shape index (κ2) is 6.74. The van der Waals surface area contributed by atoms with E-state index in [9.17, 15) is 4.79 Å². The van der Waals surface area contributed by atoms with Crippen molar-refractivity contribution in [3.05, 3.63) is 72.8 Å². The zero-order valence-electron chi connectivity index (χ0n) is 14.8. The molecule has 1 aliphatic rings. The van der Waals surface area contributed by atoms with Gasteiger partial charge in [-0.1, -0.05) is 36.4 Å². The summed E-state index contributed by atoms with van der Waals surface area (Å²) < 4.78 is 16.6. The Morgan fingerprint density at radius 3 is 2.61 bits per heavy atom. The van der Waals surface area contributed by atoms with Crippen LogP contribution in [0.15, 0.2) is 71.5 Å². The van der Waals surface area contributed by atoms with Crippen molar-refractivity contribution in [1.29, 1.82) is 0 Å². The van der Waals surface area contributed by atoms with Gasteiger partial charge in [0, 0.05) is 17.3 Å². The van der Waals surface area contributed by atoms with Crippen LogP contribution in [0.2, 0.25) is 0 Å². The highest BCUT2D eigenvalue weighted by atomic mass is 16.6. The largest absolute Gasteiger partial charge is 0.486 e. The number of hydrogen-bond donors (Lipinski definition) is 1. The van der Waals surface area contributed by atoms with Crippen molar-refractivity contribution in [2.45, 2.75) is 0 Å². The van der Waals surface area contributed by atoms with E-state index in [4.69, 9.17) is 13.9 Å². The fourth-order valence-corrected chi connectivity index (χ4v) is 3.25.